The highest BCUT2D eigenvalue weighted by Crippen LogP contribution is 2.26. The monoisotopic (exact) mass is 289 g/mol. The maximum Gasteiger partial charge on any atom is 0.324 e. The molecule has 2 aromatic carbocycles. The number of esters is 1. The van der Waals surface area contributed by atoms with Crippen molar-refractivity contribution in [1.29, 1.82) is 0 Å². The standard InChI is InChI=1S/C18H21NO2/c1-13(2)16(19)18(20)21-17(14-9-5-3-6-10-14)15-11-7-4-8-12-15/h3-13,16-17H,19H2,1-2H3/i1D3,2D3. The lowest BCUT2D eigenvalue weighted by Gasteiger charge is -2.22. The average molecular weight is 289 g/mol. The molecule has 0 saturated carbocycles. The minimum atomic E-state index is -2.93. The molecule has 0 aliphatic heterocycles. The number of benzene rings is 2. The fraction of sp³-hybridized carbons (Fsp3) is 0.278. The van der Waals surface area contributed by atoms with Crippen LogP contribution < -0.4 is 5.73 Å². The third-order valence-corrected chi connectivity index (χ3v) is 3.07. The van der Waals surface area contributed by atoms with Crippen molar-refractivity contribution in [3.8, 4) is 0 Å². The van der Waals surface area contributed by atoms with Crippen molar-refractivity contribution in [3.05, 3.63) is 71.8 Å². The summed E-state index contributed by atoms with van der Waals surface area (Å²) in [5.74, 6) is -3.10. The normalized spacial score (nSPS) is 17.9. The molecule has 0 radical (unpaired) electrons. The predicted molar refractivity (Wildman–Crippen MR) is 83.6 cm³/mol. The van der Waals surface area contributed by atoms with E-state index in [1.165, 1.54) is 0 Å². The SMILES string of the molecule is [2H]C([2H])([2H])C(C(N)C(=O)OC(c1ccccc1)c1ccccc1)C([2H])([2H])[2H]. The second-order valence-electron chi connectivity index (χ2n) is 4.64. The van der Waals surface area contributed by atoms with Crippen molar-refractivity contribution in [2.45, 2.75) is 25.8 Å². The summed E-state index contributed by atoms with van der Waals surface area (Å²) >= 11 is 0. The van der Waals surface area contributed by atoms with Crippen LogP contribution in [0.5, 0.6) is 0 Å². The van der Waals surface area contributed by atoms with Gasteiger partial charge in [0, 0.05) is 8.22 Å². The van der Waals surface area contributed by atoms with Crippen molar-refractivity contribution in [2.75, 3.05) is 0 Å². The Kier molecular flexibility index (Phi) is 3.02. The minimum absolute atomic E-state index is 0.656. The van der Waals surface area contributed by atoms with Crippen molar-refractivity contribution in [1.82, 2.24) is 0 Å². The number of carbonyl (C=O) groups is 1. The Labute approximate surface area is 134 Å². The van der Waals surface area contributed by atoms with Crippen LogP contribution in [-0.2, 0) is 9.53 Å². The van der Waals surface area contributed by atoms with Gasteiger partial charge >= 0.3 is 5.97 Å². The summed E-state index contributed by atoms with van der Waals surface area (Å²) in [6, 6.07) is 15.9. The van der Waals surface area contributed by atoms with Crippen LogP contribution in [0.2, 0.25) is 0 Å². The first-order chi connectivity index (χ1) is 12.5. The Hall–Kier alpha value is -2.13. The molecule has 0 aliphatic carbocycles. The fourth-order valence-electron chi connectivity index (χ4n) is 1.91. The molecular formula is C18H21NO2. The number of carbonyl (C=O) groups excluding carboxylic acids is 1. The summed E-state index contributed by atoms with van der Waals surface area (Å²) in [6.07, 6.45) is -0.834. The molecule has 0 amide bonds. The summed E-state index contributed by atoms with van der Waals surface area (Å²) < 4.78 is 50.3. The van der Waals surface area contributed by atoms with E-state index in [0.717, 1.165) is 0 Å². The Morgan fingerprint density at radius 1 is 1.00 bits per heavy atom. The zero-order chi connectivity index (χ0) is 20.2. The topological polar surface area (TPSA) is 52.3 Å². The van der Waals surface area contributed by atoms with Gasteiger partial charge in [-0.05, 0) is 17.0 Å². The number of nitrogens with two attached hydrogens (primary N) is 1. The Morgan fingerprint density at radius 2 is 1.48 bits per heavy atom. The molecule has 1 unspecified atom stereocenters. The number of hydrogen-bond donors (Lipinski definition) is 1. The molecule has 2 N–H and O–H groups in total. The molecule has 0 heterocycles. The van der Waals surface area contributed by atoms with E-state index in [1.54, 1.807) is 60.7 Å². The number of rotatable bonds is 5. The molecule has 2 aromatic rings. The van der Waals surface area contributed by atoms with Crippen molar-refractivity contribution >= 4 is 5.97 Å². The van der Waals surface area contributed by atoms with Crippen LogP contribution in [0, 0.1) is 5.92 Å². The highest BCUT2D eigenvalue weighted by atomic mass is 16.5. The maximum atomic E-state index is 12.6. The molecule has 0 spiro atoms. The fourth-order valence-corrected chi connectivity index (χ4v) is 1.91. The van der Waals surface area contributed by atoms with E-state index in [-0.39, 0.29) is 0 Å². The predicted octanol–water partition coefficient (Wildman–Crippen LogP) is 3.30. The van der Waals surface area contributed by atoms with Crippen molar-refractivity contribution in [2.24, 2.45) is 11.7 Å². The smallest absolute Gasteiger partial charge is 0.324 e. The largest absolute Gasteiger partial charge is 0.451 e. The second-order valence-corrected chi connectivity index (χ2v) is 4.64. The van der Waals surface area contributed by atoms with Gasteiger partial charge < -0.3 is 10.5 Å². The minimum Gasteiger partial charge on any atom is -0.451 e. The van der Waals surface area contributed by atoms with Gasteiger partial charge in [-0.25, -0.2) is 0 Å². The lowest BCUT2D eigenvalue weighted by Crippen LogP contribution is -2.37. The van der Waals surface area contributed by atoms with Gasteiger partial charge in [-0.3, -0.25) is 4.79 Å². The van der Waals surface area contributed by atoms with E-state index < -0.39 is 37.7 Å². The zero-order valence-electron chi connectivity index (χ0n) is 17.4. The van der Waals surface area contributed by atoms with Crippen molar-refractivity contribution < 1.29 is 17.8 Å². The molecule has 3 nitrogen and oxygen atoms in total. The number of hydrogen-bond acceptors (Lipinski definition) is 3. The van der Waals surface area contributed by atoms with E-state index in [9.17, 15) is 4.79 Å². The van der Waals surface area contributed by atoms with Crippen LogP contribution in [0.3, 0.4) is 0 Å². The van der Waals surface area contributed by atoms with E-state index in [2.05, 4.69) is 0 Å². The second kappa shape index (κ2) is 7.04. The Balaban J connectivity index is 2.33. The van der Waals surface area contributed by atoms with Gasteiger partial charge in [0.25, 0.3) is 0 Å². The van der Waals surface area contributed by atoms with E-state index in [4.69, 9.17) is 18.7 Å². The molecule has 0 fully saturated rings. The van der Waals surface area contributed by atoms with Crippen LogP contribution in [0.4, 0.5) is 0 Å². The van der Waals surface area contributed by atoms with Gasteiger partial charge in [0.15, 0.2) is 6.10 Å². The molecule has 3 heteroatoms. The van der Waals surface area contributed by atoms with Crippen LogP contribution in [0.15, 0.2) is 60.7 Å². The van der Waals surface area contributed by atoms with Gasteiger partial charge in [0.2, 0.25) is 0 Å². The summed E-state index contributed by atoms with van der Waals surface area (Å²) in [5, 5.41) is 0. The van der Waals surface area contributed by atoms with Gasteiger partial charge in [-0.1, -0.05) is 74.4 Å². The van der Waals surface area contributed by atoms with Crippen LogP contribution in [0.25, 0.3) is 0 Å². The summed E-state index contributed by atoms with van der Waals surface area (Å²) in [4.78, 5) is 12.6. The Morgan fingerprint density at radius 3 is 1.90 bits per heavy atom. The van der Waals surface area contributed by atoms with E-state index in [0.29, 0.717) is 11.1 Å². The first kappa shape index (κ1) is 9.00. The molecule has 0 aromatic heterocycles. The molecule has 1 atom stereocenters. The van der Waals surface area contributed by atoms with E-state index in [1.807, 2.05) is 0 Å². The van der Waals surface area contributed by atoms with Crippen molar-refractivity contribution in [3.63, 3.8) is 0 Å². The lowest BCUT2D eigenvalue weighted by atomic mass is 10.0. The van der Waals surface area contributed by atoms with Crippen LogP contribution in [-0.4, -0.2) is 12.0 Å². The zero-order valence-corrected chi connectivity index (χ0v) is 11.4. The molecule has 110 valence electrons. The highest BCUT2D eigenvalue weighted by Gasteiger charge is 2.24. The van der Waals surface area contributed by atoms with Gasteiger partial charge in [0.05, 0.1) is 0 Å². The van der Waals surface area contributed by atoms with Gasteiger partial charge in [0.1, 0.15) is 6.04 Å². The third kappa shape index (κ3) is 3.92. The average Bonchev–Trinajstić information content (AvgIpc) is 2.58. The summed E-state index contributed by atoms with van der Waals surface area (Å²) in [6.45, 7) is -5.86. The third-order valence-electron chi connectivity index (χ3n) is 3.07. The molecule has 0 aliphatic rings. The first-order valence-electron chi connectivity index (χ1n) is 9.58. The lowest BCUT2D eigenvalue weighted by molar-refractivity contribution is -0.150. The molecule has 0 saturated heterocycles. The van der Waals surface area contributed by atoms with Gasteiger partial charge in [-0.2, -0.15) is 0 Å². The summed E-state index contributed by atoms with van der Waals surface area (Å²) in [5.41, 5.74) is 7.06. The van der Waals surface area contributed by atoms with Crippen LogP contribution >= 0.6 is 0 Å². The van der Waals surface area contributed by atoms with Crippen LogP contribution in [0.1, 0.15) is 39.2 Å². The van der Waals surface area contributed by atoms with E-state index >= 15 is 0 Å². The molecule has 21 heavy (non-hydrogen) atoms. The van der Waals surface area contributed by atoms with Gasteiger partial charge in [-0.15, -0.1) is 0 Å². The highest BCUT2D eigenvalue weighted by molar-refractivity contribution is 5.76. The quantitative estimate of drug-likeness (QED) is 0.859. The number of ether oxygens (including phenoxy) is 1. The maximum absolute atomic E-state index is 12.6. The first-order valence-corrected chi connectivity index (χ1v) is 6.58. The molecular weight excluding hydrogens is 262 g/mol. The summed E-state index contributed by atoms with van der Waals surface area (Å²) in [7, 11) is 0. The Bertz CT molecular complexity index is 692. The molecule has 0 bridgehead atoms. The molecule has 2 rings (SSSR count).